The molecule has 1 unspecified atom stereocenters. The van der Waals surface area contributed by atoms with Crippen LogP contribution in [-0.4, -0.2) is 32.7 Å². The van der Waals surface area contributed by atoms with E-state index in [-0.39, 0.29) is 30.7 Å². The molecule has 0 bridgehead atoms. The molecule has 0 aromatic heterocycles. The molecule has 6 nitrogen and oxygen atoms in total. The van der Waals surface area contributed by atoms with Crippen LogP contribution in [0.25, 0.3) is 0 Å². The summed E-state index contributed by atoms with van der Waals surface area (Å²) >= 11 is 0. The summed E-state index contributed by atoms with van der Waals surface area (Å²) < 4.78 is 25.6. The van der Waals surface area contributed by atoms with Gasteiger partial charge in [-0.05, 0) is 19.4 Å². The van der Waals surface area contributed by atoms with Crippen LogP contribution in [0.2, 0.25) is 0 Å². The maximum atomic E-state index is 11.8. The smallest absolute Gasteiger partial charge is 0.241 e. The van der Waals surface area contributed by atoms with E-state index in [1.807, 2.05) is 6.07 Å². The van der Waals surface area contributed by atoms with Gasteiger partial charge in [-0.25, -0.2) is 13.1 Å². The first-order chi connectivity index (χ1) is 9.32. The summed E-state index contributed by atoms with van der Waals surface area (Å²) in [5, 5.41) is 2.53. The number of sulfonamides is 1. The van der Waals surface area contributed by atoms with Crippen molar-refractivity contribution in [2.45, 2.75) is 25.9 Å². The van der Waals surface area contributed by atoms with E-state index in [2.05, 4.69) is 10.0 Å². The zero-order valence-electron chi connectivity index (χ0n) is 12.1. The number of amides is 1. The number of halogens is 1. The van der Waals surface area contributed by atoms with Gasteiger partial charge < -0.3 is 11.1 Å². The molecular formula is C13H22ClN3O3S. The van der Waals surface area contributed by atoms with E-state index in [4.69, 9.17) is 5.73 Å². The molecule has 8 heteroatoms. The Kier molecular flexibility index (Phi) is 8.50. The Morgan fingerprint density at radius 3 is 2.33 bits per heavy atom. The molecule has 0 fully saturated rings. The van der Waals surface area contributed by atoms with E-state index in [1.165, 1.54) is 0 Å². The molecule has 21 heavy (non-hydrogen) atoms. The van der Waals surface area contributed by atoms with E-state index in [1.54, 1.807) is 38.1 Å². The fourth-order valence-electron chi connectivity index (χ4n) is 1.65. The van der Waals surface area contributed by atoms with Crippen LogP contribution in [0.1, 0.15) is 25.5 Å². The summed E-state index contributed by atoms with van der Waals surface area (Å²) in [6, 6.07) is 7.96. The van der Waals surface area contributed by atoms with Crippen molar-refractivity contribution in [1.82, 2.24) is 10.0 Å². The van der Waals surface area contributed by atoms with Gasteiger partial charge in [-0.15, -0.1) is 12.4 Å². The number of hydrogen-bond donors (Lipinski definition) is 3. The molecule has 1 amide bonds. The van der Waals surface area contributed by atoms with Gasteiger partial charge >= 0.3 is 0 Å². The second-order valence-corrected chi connectivity index (χ2v) is 6.64. The Bertz CT molecular complexity index is 535. The number of hydrogen-bond acceptors (Lipinski definition) is 4. The van der Waals surface area contributed by atoms with Crippen LogP contribution in [0.5, 0.6) is 0 Å². The van der Waals surface area contributed by atoms with Crippen molar-refractivity contribution in [3.63, 3.8) is 0 Å². The fourth-order valence-corrected chi connectivity index (χ4v) is 2.86. The van der Waals surface area contributed by atoms with Crippen molar-refractivity contribution in [2.75, 3.05) is 12.3 Å². The van der Waals surface area contributed by atoms with Crippen molar-refractivity contribution < 1.29 is 13.2 Å². The highest BCUT2D eigenvalue weighted by Gasteiger charge is 2.17. The standard InChI is InChI=1S/C13H21N3O3S.ClH/c1-10(2)16-20(18,19)9-8-15-13(17)12(14)11-6-4-3-5-7-11;/h3-7,10,12,16H,8-9,14H2,1-2H3,(H,15,17);1H. The second-order valence-electron chi connectivity index (χ2n) is 4.77. The fraction of sp³-hybridized carbons (Fsp3) is 0.462. The molecule has 0 saturated heterocycles. The molecule has 4 N–H and O–H groups in total. The van der Waals surface area contributed by atoms with Crippen LogP contribution in [0.3, 0.4) is 0 Å². The van der Waals surface area contributed by atoms with Gasteiger partial charge in [0, 0.05) is 12.6 Å². The molecule has 0 aliphatic heterocycles. The highest BCUT2D eigenvalue weighted by molar-refractivity contribution is 7.89. The normalized spacial score (nSPS) is 12.6. The van der Waals surface area contributed by atoms with Gasteiger partial charge in [0.05, 0.1) is 5.75 Å². The van der Waals surface area contributed by atoms with Gasteiger partial charge in [-0.1, -0.05) is 30.3 Å². The molecule has 1 aromatic carbocycles. The van der Waals surface area contributed by atoms with E-state index in [0.717, 1.165) is 0 Å². The van der Waals surface area contributed by atoms with Crippen LogP contribution in [0.4, 0.5) is 0 Å². The Morgan fingerprint density at radius 1 is 1.24 bits per heavy atom. The number of nitrogens with one attached hydrogen (secondary N) is 2. The van der Waals surface area contributed by atoms with E-state index < -0.39 is 22.0 Å². The Hall–Kier alpha value is -1.15. The van der Waals surface area contributed by atoms with Gasteiger partial charge in [-0.3, -0.25) is 4.79 Å². The molecule has 0 aliphatic rings. The van der Waals surface area contributed by atoms with Crippen LogP contribution in [-0.2, 0) is 14.8 Å². The third-order valence-electron chi connectivity index (χ3n) is 2.53. The molecule has 0 heterocycles. The lowest BCUT2D eigenvalue weighted by Crippen LogP contribution is -2.40. The predicted octanol–water partition coefficient (Wildman–Crippen LogP) is 0.552. The predicted molar refractivity (Wildman–Crippen MR) is 85.7 cm³/mol. The first-order valence-electron chi connectivity index (χ1n) is 6.40. The second kappa shape index (κ2) is 8.99. The quantitative estimate of drug-likeness (QED) is 0.677. The minimum Gasteiger partial charge on any atom is -0.353 e. The molecule has 1 aromatic rings. The maximum Gasteiger partial charge on any atom is 0.241 e. The summed E-state index contributed by atoms with van der Waals surface area (Å²) in [7, 11) is -3.37. The largest absolute Gasteiger partial charge is 0.353 e. The van der Waals surface area contributed by atoms with Gasteiger partial charge in [0.15, 0.2) is 0 Å². The van der Waals surface area contributed by atoms with Crippen LogP contribution < -0.4 is 15.8 Å². The lowest BCUT2D eigenvalue weighted by molar-refractivity contribution is -0.122. The number of carbonyl (C=O) groups excluding carboxylic acids is 1. The average Bonchev–Trinajstić information content (AvgIpc) is 2.37. The first-order valence-corrected chi connectivity index (χ1v) is 8.05. The lowest BCUT2D eigenvalue weighted by Gasteiger charge is -2.13. The SMILES string of the molecule is CC(C)NS(=O)(=O)CCNC(=O)C(N)c1ccccc1.Cl. The Morgan fingerprint density at radius 2 is 1.81 bits per heavy atom. The number of carbonyl (C=O) groups is 1. The first kappa shape index (κ1) is 19.9. The van der Waals surface area contributed by atoms with Crippen molar-refractivity contribution in [1.29, 1.82) is 0 Å². The summed E-state index contributed by atoms with van der Waals surface area (Å²) in [4.78, 5) is 11.8. The van der Waals surface area contributed by atoms with Gasteiger partial charge in [0.25, 0.3) is 0 Å². The molecule has 0 aliphatic carbocycles. The average molecular weight is 336 g/mol. The molecule has 120 valence electrons. The van der Waals surface area contributed by atoms with Crippen LogP contribution in [0.15, 0.2) is 30.3 Å². The summed E-state index contributed by atoms with van der Waals surface area (Å²) in [6.45, 7) is 3.50. The third-order valence-corrected chi connectivity index (χ3v) is 4.10. The van der Waals surface area contributed by atoms with Crippen LogP contribution in [0, 0.1) is 0 Å². The molecule has 0 spiro atoms. The van der Waals surface area contributed by atoms with E-state index in [0.29, 0.717) is 5.56 Å². The zero-order valence-corrected chi connectivity index (χ0v) is 13.7. The summed E-state index contributed by atoms with van der Waals surface area (Å²) in [6.07, 6.45) is 0. The third kappa shape index (κ3) is 7.42. The topological polar surface area (TPSA) is 101 Å². The van der Waals surface area contributed by atoms with E-state index in [9.17, 15) is 13.2 Å². The van der Waals surface area contributed by atoms with E-state index >= 15 is 0 Å². The minimum atomic E-state index is -3.37. The number of rotatable bonds is 7. The van der Waals surface area contributed by atoms with Crippen molar-refractivity contribution in [3.05, 3.63) is 35.9 Å². The Labute approximate surface area is 132 Å². The van der Waals surface area contributed by atoms with Crippen molar-refractivity contribution in [2.24, 2.45) is 5.73 Å². The summed E-state index contributed by atoms with van der Waals surface area (Å²) in [5.41, 5.74) is 6.48. The molecular weight excluding hydrogens is 314 g/mol. The van der Waals surface area contributed by atoms with Crippen LogP contribution >= 0.6 is 12.4 Å². The molecule has 0 radical (unpaired) electrons. The highest BCUT2D eigenvalue weighted by atomic mass is 35.5. The zero-order chi connectivity index (χ0) is 15.2. The number of nitrogens with two attached hydrogens (primary N) is 1. The highest BCUT2D eigenvalue weighted by Crippen LogP contribution is 2.08. The maximum absolute atomic E-state index is 11.8. The minimum absolute atomic E-state index is 0. The summed E-state index contributed by atoms with van der Waals surface area (Å²) in [5.74, 6) is -0.561. The van der Waals surface area contributed by atoms with Gasteiger partial charge in [0.1, 0.15) is 6.04 Å². The van der Waals surface area contributed by atoms with Crippen molar-refractivity contribution >= 4 is 28.3 Å². The number of benzene rings is 1. The molecule has 1 atom stereocenters. The molecule has 1 rings (SSSR count). The van der Waals surface area contributed by atoms with Gasteiger partial charge in [0.2, 0.25) is 15.9 Å². The lowest BCUT2D eigenvalue weighted by atomic mass is 10.1. The monoisotopic (exact) mass is 335 g/mol. The van der Waals surface area contributed by atoms with Crippen molar-refractivity contribution in [3.8, 4) is 0 Å². The van der Waals surface area contributed by atoms with Gasteiger partial charge in [-0.2, -0.15) is 0 Å². The molecule has 0 saturated carbocycles. The Balaban J connectivity index is 0.00000400.